The highest BCUT2D eigenvalue weighted by Crippen LogP contribution is 2.35. The van der Waals surface area contributed by atoms with Crippen molar-refractivity contribution in [2.24, 2.45) is 5.92 Å². The first-order chi connectivity index (χ1) is 15.8. The number of rotatable bonds is 9. The number of carbonyl (C=O) groups is 1. The number of halogens is 2. The molecule has 3 rings (SSSR count). The maximum absolute atomic E-state index is 13.1. The third-order valence-electron chi connectivity index (χ3n) is 5.15. The van der Waals surface area contributed by atoms with Crippen molar-refractivity contribution in [1.82, 2.24) is 0 Å². The fraction of sp³-hybridized carbons (Fsp3) is 0.231. The molecule has 0 aromatic heterocycles. The molecule has 33 heavy (non-hydrogen) atoms. The lowest BCUT2D eigenvalue weighted by Gasteiger charge is -2.29. The van der Waals surface area contributed by atoms with Crippen molar-refractivity contribution in [1.29, 1.82) is 5.26 Å². The smallest absolute Gasteiger partial charge is 0.387 e. The Morgan fingerprint density at radius 3 is 2.21 bits per heavy atom. The maximum Gasteiger partial charge on any atom is 0.387 e. The molecule has 0 bridgehead atoms. The zero-order chi connectivity index (χ0) is 23.8. The molecule has 0 spiro atoms. The van der Waals surface area contributed by atoms with Gasteiger partial charge >= 0.3 is 12.6 Å². The van der Waals surface area contributed by atoms with Gasteiger partial charge in [0, 0.05) is 0 Å². The Balaban J connectivity index is 1.76. The molecule has 0 saturated heterocycles. The summed E-state index contributed by atoms with van der Waals surface area (Å²) in [6.45, 7) is 0.423. The quantitative estimate of drug-likeness (QED) is 0.360. The normalized spacial score (nSPS) is 12.6. The molecular weight excluding hydrogens is 428 g/mol. The second-order valence-electron chi connectivity index (χ2n) is 7.62. The van der Waals surface area contributed by atoms with Crippen LogP contribution in [0.5, 0.6) is 17.2 Å². The molecule has 1 unspecified atom stereocenters. The second-order valence-corrected chi connectivity index (χ2v) is 7.62. The maximum atomic E-state index is 13.1. The summed E-state index contributed by atoms with van der Waals surface area (Å²) in [6.07, 6.45) is 0. The number of hydrogen-bond acceptors (Lipinski definition) is 5. The van der Waals surface area contributed by atoms with Crippen LogP contribution in [0.15, 0.2) is 78.9 Å². The van der Waals surface area contributed by atoms with Gasteiger partial charge in [0.1, 0.15) is 23.9 Å². The summed E-state index contributed by atoms with van der Waals surface area (Å²) in [6, 6.07) is 23.9. The molecule has 5 nitrogen and oxygen atoms in total. The summed E-state index contributed by atoms with van der Waals surface area (Å²) >= 11 is 0. The lowest BCUT2D eigenvalue weighted by Crippen LogP contribution is -2.41. The number of carbonyl (C=O) groups excluding carboxylic acids is 1. The van der Waals surface area contributed by atoms with Crippen molar-refractivity contribution in [2.75, 3.05) is 0 Å². The van der Waals surface area contributed by atoms with E-state index in [1.165, 1.54) is 24.3 Å². The molecule has 0 amide bonds. The van der Waals surface area contributed by atoms with E-state index in [0.29, 0.717) is 22.6 Å². The van der Waals surface area contributed by atoms with Crippen LogP contribution in [0.3, 0.4) is 0 Å². The summed E-state index contributed by atoms with van der Waals surface area (Å²) in [7, 11) is 0. The van der Waals surface area contributed by atoms with Gasteiger partial charge in [-0.3, -0.25) is 0 Å². The van der Waals surface area contributed by atoms with Gasteiger partial charge in [-0.05, 0) is 53.4 Å². The van der Waals surface area contributed by atoms with E-state index in [1.807, 2.05) is 30.3 Å². The second kappa shape index (κ2) is 10.6. The highest BCUT2D eigenvalue weighted by atomic mass is 19.3. The molecule has 170 valence electrons. The van der Waals surface area contributed by atoms with Gasteiger partial charge in [-0.25, -0.2) is 4.79 Å². The molecular formula is C26H23F2NO4. The van der Waals surface area contributed by atoms with E-state index >= 15 is 0 Å². The molecule has 0 radical (unpaired) electrons. The summed E-state index contributed by atoms with van der Waals surface area (Å²) < 4.78 is 40.5. The van der Waals surface area contributed by atoms with Crippen LogP contribution in [0.1, 0.15) is 25.0 Å². The lowest BCUT2D eigenvalue weighted by molar-refractivity contribution is -0.151. The Morgan fingerprint density at radius 1 is 0.939 bits per heavy atom. The van der Waals surface area contributed by atoms with E-state index in [0.717, 1.165) is 0 Å². The van der Waals surface area contributed by atoms with Crippen molar-refractivity contribution in [3.8, 4) is 23.3 Å². The van der Waals surface area contributed by atoms with Crippen molar-refractivity contribution in [3.05, 3.63) is 90.0 Å². The predicted octanol–water partition coefficient (Wildman–Crippen LogP) is 6.24. The lowest BCUT2D eigenvalue weighted by atomic mass is 9.73. The minimum Gasteiger partial charge on any atom is -0.459 e. The number of hydrogen-bond donors (Lipinski definition) is 0. The topological polar surface area (TPSA) is 68.6 Å². The number of ether oxygens (including phenoxy) is 3. The van der Waals surface area contributed by atoms with Crippen LogP contribution >= 0.6 is 0 Å². The van der Waals surface area contributed by atoms with E-state index < -0.39 is 23.9 Å². The van der Waals surface area contributed by atoms with Crippen LogP contribution in [0.25, 0.3) is 0 Å². The van der Waals surface area contributed by atoms with Gasteiger partial charge in [-0.1, -0.05) is 56.3 Å². The van der Waals surface area contributed by atoms with Gasteiger partial charge in [-0.2, -0.15) is 14.0 Å². The molecule has 7 heteroatoms. The Bertz CT molecular complexity index is 1110. The predicted molar refractivity (Wildman–Crippen MR) is 118 cm³/mol. The molecule has 0 aliphatic carbocycles. The molecule has 3 aromatic rings. The summed E-state index contributed by atoms with van der Waals surface area (Å²) in [5.74, 6) is 0.0310. The molecule has 0 heterocycles. The minimum absolute atomic E-state index is 0.0620. The Hall–Kier alpha value is -3.92. The fourth-order valence-electron chi connectivity index (χ4n) is 3.41. The number of benzene rings is 3. The molecule has 0 saturated carbocycles. The zero-order valence-electron chi connectivity index (χ0n) is 18.2. The average molecular weight is 451 g/mol. The first-order valence-corrected chi connectivity index (χ1v) is 10.3. The third-order valence-corrected chi connectivity index (χ3v) is 5.15. The van der Waals surface area contributed by atoms with E-state index in [-0.39, 0.29) is 12.4 Å². The van der Waals surface area contributed by atoms with Gasteiger partial charge in [0.25, 0.3) is 0 Å². The summed E-state index contributed by atoms with van der Waals surface area (Å²) in [5, 5.41) is 9.97. The molecule has 1 atom stereocenters. The van der Waals surface area contributed by atoms with Crippen molar-refractivity contribution < 1.29 is 27.8 Å². The van der Waals surface area contributed by atoms with E-state index in [1.54, 1.807) is 38.1 Å². The summed E-state index contributed by atoms with van der Waals surface area (Å²) in [5.41, 5.74) is -0.581. The molecule has 3 aromatic carbocycles. The minimum atomic E-state index is -2.96. The van der Waals surface area contributed by atoms with Gasteiger partial charge in [-0.15, -0.1) is 0 Å². The Morgan fingerprint density at radius 2 is 1.61 bits per heavy atom. The van der Waals surface area contributed by atoms with Gasteiger partial charge in [0.2, 0.25) is 0 Å². The Kier molecular flexibility index (Phi) is 7.62. The largest absolute Gasteiger partial charge is 0.459 e. The number of alkyl halides is 2. The van der Waals surface area contributed by atoms with Crippen LogP contribution < -0.4 is 9.47 Å². The zero-order valence-corrected chi connectivity index (χ0v) is 18.2. The van der Waals surface area contributed by atoms with Crippen LogP contribution in [0.2, 0.25) is 0 Å². The first-order valence-electron chi connectivity index (χ1n) is 10.3. The van der Waals surface area contributed by atoms with Crippen molar-refractivity contribution >= 4 is 5.97 Å². The van der Waals surface area contributed by atoms with Crippen LogP contribution in [0, 0.1) is 17.2 Å². The standard InChI is InChI=1S/C26H23F2NO4/c1-18(2)26(17-29,20-11-13-22(14-12-20)33-25(27)28)24(30)31-16-19-7-6-10-23(15-19)32-21-8-4-3-5-9-21/h3-15,18,25H,16H2,1-2H3. The highest BCUT2D eigenvalue weighted by molar-refractivity contribution is 5.87. The molecule has 0 fully saturated rings. The average Bonchev–Trinajstić information content (AvgIpc) is 2.80. The van der Waals surface area contributed by atoms with E-state index in [4.69, 9.17) is 9.47 Å². The Labute approximate surface area is 191 Å². The highest BCUT2D eigenvalue weighted by Gasteiger charge is 2.45. The van der Waals surface area contributed by atoms with Gasteiger partial charge in [0.05, 0.1) is 6.07 Å². The van der Waals surface area contributed by atoms with Crippen LogP contribution in [-0.4, -0.2) is 12.6 Å². The SMILES string of the molecule is CC(C)C(C#N)(C(=O)OCc1cccc(Oc2ccccc2)c1)c1ccc(OC(F)F)cc1. The fourth-order valence-corrected chi connectivity index (χ4v) is 3.41. The van der Waals surface area contributed by atoms with Crippen LogP contribution in [-0.2, 0) is 21.6 Å². The molecule has 0 aliphatic heterocycles. The summed E-state index contributed by atoms with van der Waals surface area (Å²) in [4.78, 5) is 13.1. The van der Waals surface area contributed by atoms with Gasteiger partial charge < -0.3 is 14.2 Å². The van der Waals surface area contributed by atoms with E-state index in [9.17, 15) is 18.8 Å². The first kappa shape index (κ1) is 23.7. The number of nitrogens with zero attached hydrogens (tertiary/aromatic N) is 1. The van der Waals surface area contributed by atoms with Gasteiger partial charge in [0.15, 0.2) is 5.41 Å². The molecule has 0 aliphatic rings. The number of nitriles is 1. The number of para-hydroxylation sites is 1. The third kappa shape index (κ3) is 5.66. The van der Waals surface area contributed by atoms with E-state index in [2.05, 4.69) is 10.8 Å². The van der Waals surface area contributed by atoms with Crippen LogP contribution in [0.4, 0.5) is 8.78 Å². The van der Waals surface area contributed by atoms with Crippen molar-refractivity contribution in [3.63, 3.8) is 0 Å². The van der Waals surface area contributed by atoms with Crippen molar-refractivity contribution in [2.45, 2.75) is 32.5 Å². The molecule has 0 N–H and O–H groups in total. The number of esters is 1. The monoisotopic (exact) mass is 451 g/mol.